The molecule has 0 aliphatic rings. The molecule has 0 fully saturated rings. The van der Waals surface area contributed by atoms with E-state index in [4.69, 9.17) is 0 Å². The standard InChI is InChI=1S/C13H20N2O/c1-10-5-4-6-12(7-10)8-13(16)15-9-11(2)14-3/h4-7,11,14H,8-9H2,1-3H3,(H,15,16). The van der Waals surface area contributed by atoms with Crippen LogP contribution in [0.2, 0.25) is 0 Å². The molecule has 88 valence electrons. The fourth-order valence-electron chi connectivity index (χ4n) is 1.44. The van der Waals surface area contributed by atoms with Gasteiger partial charge in [0.05, 0.1) is 6.42 Å². The van der Waals surface area contributed by atoms with Crippen molar-refractivity contribution >= 4 is 5.91 Å². The van der Waals surface area contributed by atoms with Crippen LogP contribution in [0.15, 0.2) is 24.3 Å². The van der Waals surface area contributed by atoms with Gasteiger partial charge in [-0.05, 0) is 26.5 Å². The lowest BCUT2D eigenvalue weighted by molar-refractivity contribution is -0.120. The maximum absolute atomic E-state index is 11.6. The van der Waals surface area contributed by atoms with Gasteiger partial charge >= 0.3 is 0 Å². The van der Waals surface area contributed by atoms with E-state index in [0.29, 0.717) is 19.0 Å². The first-order valence-electron chi connectivity index (χ1n) is 5.61. The van der Waals surface area contributed by atoms with Crippen LogP contribution in [0.25, 0.3) is 0 Å². The molecule has 0 aromatic heterocycles. The van der Waals surface area contributed by atoms with Crippen molar-refractivity contribution in [3.8, 4) is 0 Å². The lowest BCUT2D eigenvalue weighted by atomic mass is 10.1. The third-order valence-electron chi connectivity index (χ3n) is 2.55. The van der Waals surface area contributed by atoms with E-state index in [1.165, 1.54) is 5.56 Å². The Morgan fingerprint density at radius 1 is 1.44 bits per heavy atom. The summed E-state index contributed by atoms with van der Waals surface area (Å²) in [6.45, 7) is 4.73. The highest BCUT2D eigenvalue weighted by atomic mass is 16.1. The van der Waals surface area contributed by atoms with Gasteiger partial charge in [-0.15, -0.1) is 0 Å². The first kappa shape index (κ1) is 12.7. The highest BCUT2D eigenvalue weighted by Gasteiger charge is 2.04. The van der Waals surface area contributed by atoms with E-state index in [9.17, 15) is 4.79 Å². The Kier molecular flexibility index (Phi) is 4.99. The first-order chi connectivity index (χ1) is 7.61. The Morgan fingerprint density at radius 2 is 2.19 bits per heavy atom. The van der Waals surface area contributed by atoms with E-state index in [2.05, 4.69) is 10.6 Å². The monoisotopic (exact) mass is 220 g/mol. The minimum absolute atomic E-state index is 0.0766. The molecule has 1 aromatic rings. The number of amides is 1. The maximum atomic E-state index is 11.6. The molecule has 0 bridgehead atoms. The molecule has 2 N–H and O–H groups in total. The lowest BCUT2D eigenvalue weighted by Gasteiger charge is -2.11. The van der Waals surface area contributed by atoms with E-state index in [1.807, 2.05) is 45.2 Å². The molecule has 1 unspecified atom stereocenters. The minimum Gasteiger partial charge on any atom is -0.354 e. The van der Waals surface area contributed by atoms with E-state index in [1.54, 1.807) is 0 Å². The molecule has 1 atom stereocenters. The molecular formula is C13H20N2O. The van der Waals surface area contributed by atoms with Crippen LogP contribution in [0.3, 0.4) is 0 Å². The smallest absolute Gasteiger partial charge is 0.224 e. The van der Waals surface area contributed by atoms with Crippen LogP contribution in [0.5, 0.6) is 0 Å². The Balaban J connectivity index is 2.40. The summed E-state index contributed by atoms with van der Waals surface area (Å²) in [5.74, 6) is 0.0766. The lowest BCUT2D eigenvalue weighted by Crippen LogP contribution is -2.37. The third-order valence-corrected chi connectivity index (χ3v) is 2.55. The summed E-state index contributed by atoms with van der Waals surface area (Å²) in [4.78, 5) is 11.6. The summed E-state index contributed by atoms with van der Waals surface area (Å²) in [6.07, 6.45) is 0.456. The number of carbonyl (C=O) groups excluding carboxylic acids is 1. The van der Waals surface area contributed by atoms with Crippen LogP contribution < -0.4 is 10.6 Å². The van der Waals surface area contributed by atoms with Crippen molar-refractivity contribution in [1.82, 2.24) is 10.6 Å². The number of hydrogen-bond donors (Lipinski definition) is 2. The molecule has 0 aliphatic heterocycles. The molecule has 3 heteroatoms. The predicted molar refractivity (Wildman–Crippen MR) is 66.4 cm³/mol. The van der Waals surface area contributed by atoms with Gasteiger partial charge < -0.3 is 10.6 Å². The number of aryl methyl sites for hydroxylation is 1. The number of rotatable bonds is 5. The fraction of sp³-hybridized carbons (Fsp3) is 0.462. The Bertz CT molecular complexity index is 350. The second-order valence-corrected chi connectivity index (χ2v) is 4.16. The van der Waals surface area contributed by atoms with Crippen molar-refractivity contribution < 1.29 is 4.79 Å². The van der Waals surface area contributed by atoms with Crippen LogP contribution in [-0.2, 0) is 11.2 Å². The van der Waals surface area contributed by atoms with Gasteiger partial charge in [0.1, 0.15) is 0 Å². The normalized spacial score (nSPS) is 12.2. The van der Waals surface area contributed by atoms with E-state index >= 15 is 0 Å². The Morgan fingerprint density at radius 3 is 2.81 bits per heavy atom. The molecule has 16 heavy (non-hydrogen) atoms. The van der Waals surface area contributed by atoms with Crippen molar-refractivity contribution in [2.45, 2.75) is 26.3 Å². The summed E-state index contributed by atoms with van der Waals surface area (Å²) in [7, 11) is 1.89. The van der Waals surface area contributed by atoms with Crippen molar-refractivity contribution in [3.63, 3.8) is 0 Å². The molecular weight excluding hydrogens is 200 g/mol. The quantitative estimate of drug-likeness (QED) is 0.784. The second-order valence-electron chi connectivity index (χ2n) is 4.16. The molecule has 0 aliphatic carbocycles. The number of hydrogen-bond acceptors (Lipinski definition) is 2. The number of likely N-dealkylation sites (N-methyl/N-ethyl adjacent to an activating group) is 1. The maximum Gasteiger partial charge on any atom is 0.224 e. The van der Waals surface area contributed by atoms with Crippen molar-refractivity contribution in [2.75, 3.05) is 13.6 Å². The van der Waals surface area contributed by atoms with Gasteiger partial charge in [0.2, 0.25) is 5.91 Å². The zero-order valence-electron chi connectivity index (χ0n) is 10.2. The molecule has 0 saturated carbocycles. The number of carbonyl (C=O) groups is 1. The summed E-state index contributed by atoms with van der Waals surface area (Å²) < 4.78 is 0. The molecule has 0 saturated heterocycles. The Hall–Kier alpha value is -1.35. The molecule has 3 nitrogen and oxygen atoms in total. The largest absolute Gasteiger partial charge is 0.354 e. The van der Waals surface area contributed by atoms with E-state index in [-0.39, 0.29) is 5.91 Å². The van der Waals surface area contributed by atoms with Gasteiger partial charge in [0, 0.05) is 12.6 Å². The predicted octanol–water partition coefficient (Wildman–Crippen LogP) is 1.26. The molecule has 0 spiro atoms. The summed E-state index contributed by atoms with van der Waals surface area (Å²) in [5.41, 5.74) is 2.25. The first-order valence-corrected chi connectivity index (χ1v) is 5.61. The molecule has 0 radical (unpaired) electrons. The summed E-state index contributed by atoms with van der Waals surface area (Å²) in [5, 5.41) is 5.98. The van der Waals surface area contributed by atoms with Gasteiger partial charge in [-0.25, -0.2) is 0 Å². The second kappa shape index (κ2) is 6.28. The van der Waals surface area contributed by atoms with Crippen LogP contribution in [-0.4, -0.2) is 25.5 Å². The molecule has 1 aromatic carbocycles. The van der Waals surface area contributed by atoms with Gasteiger partial charge in [0.15, 0.2) is 0 Å². The van der Waals surface area contributed by atoms with Crippen LogP contribution in [0.1, 0.15) is 18.1 Å². The highest BCUT2D eigenvalue weighted by Crippen LogP contribution is 2.04. The fourth-order valence-corrected chi connectivity index (χ4v) is 1.44. The van der Waals surface area contributed by atoms with Crippen molar-refractivity contribution in [2.24, 2.45) is 0 Å². The topological polar surface area (TPSA) is 41.1 Å². The summed E-state index contributed by atoms with van der Waals surface area (Å²) >= 11 is 0. The average Bonchev–Trinajstić information content (AvgIpc) is 2.26. The van der Waals surface area contributed by atoms with Crippen LogP contribution >= 0.6 is 0 Å². The average molecular weight is 220 g/mol. The minimum atomic E-state index is 0.0766. The van der Waals surface area contributed by atoms with Gasteiger partial charge in [-0.2, -0.15) is 0 Å². The zero-order chi connectivity index (χ0) is 12.0. The van der Waals surface area contributed by atoms with E-state index < -0.39 is 0 Å². The number of nitrogens with one attached hydrogen (secondary N) is 2. The van der Waals surface area contributed by atoms with E-state index in [0.717, 1.165) is 5.56 Å². The number of benzene rings is 1. The van der Waals surface area contributed by atoms with Crippen molar-refractivity contribution in [1.29, 1.82) is 0 Å². The van der Waals surface area contributed by atoms with Gasteiger partial charge in [-0.1, -0.05) is 29.8 Å². The SMILES string of the molecule is CNC(C)CNC(=O)Cc1cccc(C)c1. The zero-order valence-corrected chi connectivity index (χ0v) is 10.2. The Labute approximate surface area is 97.2 Å². The third kappa shape index (κ3) is 4.45. The van der Waals surface area contributed by atoms with Gasteiger partial charge in [0.25, 0.3) is 0 Å². The highest BCUT2D eigenvalue weighted by molar-refractivity contribution is 5.78. The molecule has 1 rings (SSSR count). The van der Waals surface area contributed by atoms with Crippen LogP contribution in [0, 0.1) is 6.92 Å². The van der Waals surface area contributed by atoms with Crippen molar-refractivity contribution in [3.05, 3.63) is 35.4 Å². The van der Waals surface area contributed by atoms with Crippen LogP contribution in [0.4, 0.5) is 0 Å². The molecule has 0 heterocycles. The molecule has 1 amide bonds. The van der Waals surface area contributed by atoms with Gasteiger partial charge in [-0.3, -0.25) is 4.79 Å². The summed E-state index contributed by atoms with van der Waals surface area (Å²) in [6, 6.07) is 8.34.